The zero-order chi connectivity index (χ0) is 8.10. The quantitative estimate of drug-likeness (QED) is 0.572. The molecule has 0 radical (unpaired) electrons. The van der Waals surface area contributed by atoms with Crippen LogP contribution in [-0.2, 0) is 0 Å². The van der Waals surface area contributed by atoms with Gasteiger partial charge in [0.25, 0.3) is 0 Å². The van der Waals surface area contributed by atoms with Crippen LogP contribution >= 0.6 is 0 Å². The number of hydrogen-bond acceptors (Lipinski definition) is 2. The normalized spacial score (nSPS) is 17.9. The minimum Gasteiger partial charge on any atom is -0.294 e. The molecule has 2 heteroatoms. The van der Waals surface area contributed by atoms with Gasteiger partial charge in [0.2, 0.25) is 0 Å². The molecule has 11 heavy (non-hydrogen) atoms. The molecule has 0 aromatic rings. The van der Waals surface area contributed by atoms with Gasteiger partial charge in [-0.1, -0.05) is 19.3 Å². The maximum absolute atomic E-state index is 8.38. The number of nitriles is 1. The smallest absolute Gasteiger partial charge is 0.0863 e. The monoisotopic (exact) mass is 152 g/mol. The highest BCUT2D eigenvalue weighted by Gasteiger charge is 2.16. The van der Waals surface area contributed by atoms with Crippen molar-refractivity contribution in [1.82, 2.24) is 4.90 Å². The molecule has 1 aliphatic carbocycles. The molecular weight excluding hydrogens is 136 g/mol. The molecule has 1 fully saturated rings. The fourth-order valence-corrected chi connectivity index (χ4v) is 1.38. The highest BCUT2D eigenvalue weighted by Crippen LogP contribution is 2.29. The van der Waals surface area contributed by atoms with E-state index in [4.69, 9.17) is 5.26 Å². The predicted molar refractivity (Wildman–Crippen MR) is 45.1 cm³/mol. The fourth-order valence-electron chi connectivity index (χ4n) is 1.38. The predicted octanol–water partition coefficient (Wildman–Crippen LogP) is 1.63. The second kappa shape index (κ2) is 4.35. The highest BCUT2D eigenvalue weighted by molar-refractivity contribution is 4.76. The molecule has 62 valence electrons. The van der Waals surface area contributed by atoms with Gasteiger partial charge in [-0.3, -0.25) is 4.90 Å². The molecule has 0 aromatic carbocycles. The Balaban J connectivity index is 1.97. The van der Waals surface area contributed by atoms with E-state index >= 15 is 0 Å². The van der Waals surface area contributed by atoms with E-state index in [9.17, 15) is 0 Å². The van der Waals surface area contributed by atoms with Crippen molar-refractivity contribution in [2.75, 3.05) is 20.1 Å². The van der Waals surface area contributed by atoms with Gasteiger partial charge in [-0.15, -0.1) is 0 Å². The third-order valence-corrected chi connectivity index (χ3v) is 2.48. The Labute approximate surface area is 68.8 Å². The Hall–Kier alpha value is -0.550. The Bertz CT molecular complexity index is 144. The van der Waals surface area contributed by atoms with Crippen LogP contribution in [0.3, 0.4) is 0 Å². The van der Waals surface area contributed by atoms with Crippen LogP contribution in [0.15, 0.2) is 0 Å². The van der Waals surface area contributed by atoms with Crippen molar-refractivity contribution in [3.8, 4) is 6.07 Å². The Morgan fingerprint density at radius 1 is 1.55 bits per heavy atom. The molecule has 1 aliphatic rings. The van der Waals surface area contributed by atoms with Gasteiger partial charge in [0.1, 0.15) is 0 Å². The molecule has 0 amide bonds. The van der Waals surface area contributed by atoms with Gasteiger partial charge >= 0.3 is 0 Å². The standard InChI is InChI=1S/C9H16N2/c1-11(8-6-10)7-5-9-3-2-4-9/h9H,2-5,7-8H2,1H3. The second-order valence-electron chi connectivity index (χ2n) is 3.48. The average Bonchev–Trinajstić information content (AvgIpc) is 1.85. The Kier molecular flexibility index (Phi) is 3.38. The first-order valence-corrected chi connectivity index (χ1v) is 4.38. The van der Waals surface area contributed by atoms with E-state index in [0.29, 0.717) is 6.54 Å². The van der Waals surface area contributed by atoms with Gasteiger partial charge < -0.3 is 0 Å². The first-order chi connectivity index (χ1) is 5.33. The zero-order valence-corrected chi connectivity index (χ0v) is 7.21. The van der Waals surface area contributed by atoms with Crippen molar-refractivity contribution in [2.45, 2.75) is 25.7 Å². The van der Waals surface area contributed by atoms with Crippen LogP contribution in [0.2, 0.25) is 0 Å². The lowest BCUT2D eigenvalue weighted by Crippen LogP contribution is -2.24. The van der Waals surface area contributed by atoms with Crippen LogP contribution < -0.4 is 0 Å². The maximum Gasteiger partial charge on any atom is 0.0863 e. The van der Waals surface area contributed by atoms with Crippen molar-refractivity contribution >= 4 is 0 Å². The molecule has 0 spiro atoms. The van der Waals surface area contributed by atoms with Crippen LogP contribution in [0.5, 0.6) is 0 Å². The molecule has 0 saturated heterocycles. The maximum atomic E-state index is 8.38. The zero-order valence-electron chi connectivity index (χ0n) is 7.21. The summed E-state index contributed by atoms with van der Waals surface area (Å²) in [5, 5.41) is 8.38. The number of nitrogens with zero attached hydrogens (tertiary/aromatic N) is 2. The summed E-state index contributed by atoms with van der Waals surface area (Å²) >= 11 is 0. The first-order valence-electron chi connectivity index (χ1n) is 4.38. The van der Waals surface area contributed by atoms with Gasteiger partial charge in [-0.05, 0) is 25.9 Å². The second-order valence-corrected chi connectivity index (χ2v) is 3.48. The lowest BCUT2D eigenvalue weighted by Gasteiger charge is -2.26. The SMILES string of the molecule is CN(CC#N)CCC1CCC1. The summed E-state index contributed by atoms with van der Waals surface area (Å²) in [6.07, 6.45) is 5.55. The molecule has 0 atom stereocenters. The third kappa shape index (κ3) is 2.90. The van der Waals surface area contributed by atoms with Crippen LogP contribution in [-0.4, -0.2) is 25.0 Å². The molecule has 0 heterocycles. The van der Waals surface area contributed by atoms with E-state index in [1.54, 1.807) is 0 Å². The molecule has 1 rings (SSSR count). The van der Waals surface area contributed by atoms with Crippen molar-refractivity contribution in [2.24, 2.45) is 5.92 Å². The van der Waals surface area contributed by atoms with Gasteiger partial charge in [0.15, 0.2) is 0 Å². The molecular formula is C9H16N2. The lowest BCUT2D eigenvalue weighted by molar-refractivity contribution is 0.250. The van der Waals surface area contributed by atoms with E-state index < -0.39 is 0 Å². The van der Waals surface area contributed by atoms with Crippen LogP contribution in [0.4, 0.5) is 0 Å². The van der Waals surface area contributed by atoms with E-state index in [2.05, 4.69) is 11.0 Å². The van der Waals surface area contributed by atoms with Crippen molar-refractivity contribution in [3.05, 3.63) is 0 Å². The van der Waals surface area contributed by atoms with Gasteiger partial charge in [-0.2, -0.15) is 5.26 Å². The largest absolute Gasteiger partial charge is 0.294 e. The van der Waals surface area contributed by atoms with E-state index in [0.717, 1.165) is 12.5 Å². The number of hydrogen-bond donors (Lipinski definition) is 0. The van der Waals surface area contributed by atoms with Crippen molar-refractivity contribution in [3.63, 3.8) is 0 Å². The van der Waals surface area contributed by atoms with Crippen LogP contribution in [0.25, 0.3) is 0 Å². The summed E-state index contributed by atoms with van der Waals surface area (Å²) in [4.78, 5) is 2.10. The molecule has 2 nitrogen and oxygen atoms in total. The number of rotatable bonds is 4. The van der Waals surface area contributed by atoms with Crippen LogP contribution in [0, 0.1) is 17.2 Å². The van der Waals surface area contributed by atoms with Crippen LogP contribution in [0.1, 0.15) is 25.7 Å². The van der Waals surface area contributed by atoms with E-state index in [1.165, 1.54) is 25.7 Å². The minimum absolute atomic E-state index is 0.576. The molecule has 0 aromatic heterocycles. The Morgan fingerprint density at radius 3 is 2.73 bits per heavy atom. The minimum atomic E-state index is 0.576. The summed E-state index contributed by atoms with van der Waals surface area (Å²) in [5.74, 6) is 0.969. The molecule has 0 N–H and O–H groups in total. The topological polar surface area (TPSA) is 27.0 Å². The van der Waals surface area contributed by atoms with Gasteiger partial charge in [0, 0.05) is 0 Å². The average molecular weight is 152 g/mol. The third-order valence-electron chi connectivity index (χ3n) is 2.48. The van der Waals surface area contributed by atoms with E-state index in [-0.39, 0.29) is 0 Å². The van der Waals surface area contributed by atoms with Gasteiger partial charge in [0.05, 0.1) is 12.6 Å². The summed E-state index contributed by atoms with van der Waals surface area (Å²) in [5.41, 5.74) is 0. The first kappa shape index (κ1) is 8.55. The molecule has 0 unspecified atom stereocenters. The van der Waals surface area contributed by atoms with E-state index in [1.807, 2.05) is 7.05 Å². The van der Waals surface area contributed by atoms with Crippen molar-refractivity contribution in [1.29, 1.82) is 5.26 Å². The summed E-state index contributed by atoms with van der Waals surface area (Å²) in [6.45, 7) is 1.67. The van der Waals surface area contributed by atoms with Crippen molar-refractivity contribution < 1.29 is 0 Å². The summed E-state index contributed by atoms with van der Waals surface area (Å²) < 4.78 is 0. The highest BCUT2D eigenvalue weighted by atomic mass is 15.1. The van der Waals surface area contributed by atoms with Gasteiger partial charge in [-0.25, -0.2) is 0 Å². The lowest BCUT2D eigenvalue weighted by atomic mass is 9.83. The molecule has 0 aliphatic heterocycles. The molecule has 1 saturated carbocycles. The Morgan fingerprint density at radius 2 is 2.27 bits per heavy atom. The fraction of sp³-hybridized carbons (Fsp3) is 0.889. The summed E-state index contributed by atoms with van der Waals surface area (Å²) in [7, 11) is 2.02. The molecule has 0 bridgehead atoms. The summed E-state index contributed by atoms with van der Waals surface area (Å²) in [6, 6.07) is 2.15.